The van der Waals surface area contributed by atoms with Gasteiger partial charge in [-0.1, -0.05) is 24.3 Å². The molecule has 0 heterocycles. The first kappa shape index (κ1) is 21.5. The van der Waals surface area contributed by atoms with Crippen LogP contribution in [0.4, 0.5) is 0 Å². The summed E-state index contributed by atoms with van der Waals surface area (Å²) in [6.45, 7) is 0.746. The summed E-state index contributed by atoms with van der Waals surface area (Å²) >= 11 is 0. The van der Waals surface area contributed by atoms with E-state index in [4.69, 9.17) is 18.9 Å². The fourth-order valence-corrected chi connectivity index (χ4v) is 2.66. The summed E-state index contributed by atoms with van der Waals surface area (Å²) in [7, 11) is 4.73. The Hall–Kier alpha value is -2.77. The lowest BCUT2D eigenvalue weighted by molar-refractivity contribution is -0.154. The molecule has 0 spiro atoms. The molecule has 0 saturated carbocycles. The van der Waals surface area contributed by atoms with Crippen LogP contribution in [0, 0.1) is 0 Å². The highest BCUT2D eigenvalue weighted by Gasteiger charge is 2.17. The molecule has 2 aromatic rings. The number of carbonyl (C=O) groups is 1. The van der Waals surface area contributed by atoms with E-state index in [9.17, 15) is 9.90 Å². The first-order valence-electron chi connectivity index (χ1n) is 8.97. The molecule has 28 heavy (non-hydrogen) atoms. The average Bonchev–Trinajstić information content (AvgIpc) is 2.74. The number of para-hydroxylation sites is 1. The van der Waals surface area contributed by atoms with Crippen molar-refractivity contribution in [2.45, 2.75) is 19.1 Å². The van der Waals surface area contributed by atoms with E-state index in [0.29, 0.717) is 30.2 Å². The van der Waals surface area contributed by atoms with E-state index >= 15 is 0 Å². The summed E-state index contributed by atoms with van der Waals surface area (Å²) in [6, 6.07) is 13.0. The number of carbonyl (C=O) groups excluding carboxylic acids is 1. The molecule has 0 bridgehead atoms. The Kier molecular flexibility index (Phi) is 8.58. The van der Waals surface area contributed by atoms with E-state index in [1.165, 1.54) is 0 Å². The molecule has 0 aliphatic heterocycles. The molecule has 0 aliphatic rings. The van der Waals surface area contributed by atoms with Crippen LogP contribution in [-0.2, 0) is 22.6 Å². The van der Waals surface area contributed by atoms with Crippen molar-refractivity contribution in [3.8, 4) is 17.2 Å². The zero-order valence-electron chi connectivity index (χ0n) is 16.4. The predicted octanol–water partition coefficient (Wildman–Crippen LogP) is 1.95. The van der Waals surface area contributed by atoms with Crippen LogP contribution in [0.15, 0.2) is 42.5 Å². The minimum Gasteiger partial charge on any atom is -0.496 e. The van der Waals surface area contributed by atoms with Crippen LogP contribution in [0.3, 0.4) is 0 Å². The number of hydrogen-bond acceptors (Lipinski definition) is 7. The molecule has 0 aliphatic carbocycles. The van der Waals surface area contributed by atoms with E-state index < -0.39 is 12.1 Å². The molecule has 2 aromatic carbocycles. The van der Waals surface area contributed by atoms with Crippen molar-refractivity contribution >= 4 is 5.97 Å². The van der Waals surface area contributed by atoms with Crippen LogP contribution in [0.1, 0.15) is 11.1 Å². The molecular formula is C21H27NO6. The third kappa shape index (κ3) is 6.14. The minimum absolute atomic E-state index is 0.0472. The van der Waals surface area contributed by atoms with Crippen LogP contribution < -0.4 is 19.5 Å². The second-order valence-corrected chi connectivity index (χ2v) is 6.08. The predicted molar refractivity (Wildman–Crippen MR) is 105 cm³/mol. The number of ether oxygens (including phenoxy) is 4. The highest BCUT2D eigenvalue weighted by molar-refractivity contribution is 5.74. The maximum Gasteiger partial charge on any atom is 0.336 e. The molecule has 0 aromatic heterocycles. The molecule has 152 valence electrons. The van der Waals surface area contributed by atoms with Crippen molar-refractivity contribution in [3.63, 3.8) is 0 Å². The molecule has 0 saturated heterocycles. The number of aliphatic hydroxyl groups is 1. The van der Waals surface area contributed by atoms with Gasteiger partial charge in [0.15, 0.2) is 17.6 Å². The minimum atomic E-state index is -1.24. The van der Waals surface area contributed by atoms with Gasteiger partial charge in [0.2, 0.25) is 0 Å². The zero-order chi connectivity index (χ0) is 20.4. The van der Waals surface area contributed by atoms with Gasteiger partial charge in [0.25, 0.3) is 0 Å². The van der Waals surface area contributed by atoms with Crippen molar-refractivity contribution in [1.29, 1.82) is 0 Å². The van der Waals surface area contributed by atoms with Crippen molar-refractivity contribution in [2.75, 3.05) is 34.4 Å². The fourth-order valence-electron chi connectivity index (χ4n) is 2.66. The van der Waals surface area contributed by atoms with E-state index in [-0.39, 0.29) is 13.2 Å². The number of benzene rings is 2. The SMILES string of the molecule is COc1ccccc1COC(=O)C(O)CNCCc1ccc(OC)c(OC)c1. The molecular weight excluding hydrogens is 362 g/mol. The van der Waals surface area contributed by atoms with Crippen molar-refractivity contribution in [3.05, 3.63) is 53.6 Å². The van der Waals surface area contributed by atoms with E-state index in [1.54, 1.807) is 33.5 Å². The fraction of sp³-hybridized carbons (Fsp3) is 0.381. The van der Waals surface area contributed by atoms with E-state index in [0.717, 1.165) is 11.1 Å². The monoisotopic (exact) mass is 389 g/mol. The van der Waals surface area contributed by atoms with Crippen LogP contribution in [0.25, 0.3) is 0 Å². The van der Waals surface area contributed by atoms with Gasteiger partial charge in [-0.3, -0.25) is 0 Å². The highest BCUT2D eigenvalue weighted by Crippen LogP contribution is 2.27. The zero-order valence-corrected chi connectivity index (χ0v) is 16.4. The van der Waals surface area contributed by atoms with Crippen LogP contribution >= 0.6 is 0 Å². The molecule has 0 fully saturated rings. The lowest BCUT2D eigenvalue weighted by atomic mass is 10.1. The maximum atomic E-state index is 12.0. The Labute approximate surface area is 165 Å². The number of methoxy groups -OCH3 is 3. The number of hydrogen-bond donors (Lipinski definition) is 2. The Balaban J connectivity index is 1.73. The number of esters is 1. The van der Waals surface area contributed by atoms with Crippen LogP contribution in [-0.4, -0.2) is 51.6 Å². The first-order valence-corrected chi connectivity index (χ1v) is 8.97. The van der Waals surface area contributed by atoms with Gasteiger partial charge in [-0.25, -0.2) is 4.79 Å². The Morgan fingerprint density at radius 1 is 1.00 bits per heavy atom. The van der Waals surface area contributed by atoms with Crippen molar-refractivity contribution in [2.24, 2.45) is 0 Å². The Bertz CT molecular complexity index is 764. The molecule has 0 amide bonds. The Morgan fingerprint density at radius 3 is 2.43 bits per heavy atom. The van der Waals surface area contributed by atoms with Gasteiger partial charge in [0.05, 0.1) is 21.3 Å². The molecule has 2 N–H and O–H groups in total. The number of nitrogens with one attached hydrogen (secondary N) is 1. The van der Waals surface area contributed by atoms with Gasteiger partial charge in [0, 0.05) is 12.1 Å². The normalized spacial score (nSPS) is 11.6. The second kappa shape index (κ2) is 11.2. The quantitative estimate of drug-likeness (QED) is 0.449. The van der Waals surface area contributed by atoms with E-state index in [1.807, 2.05) is 30.3 Å². The topological polar surface area (TPSA) is 86.3 Å². The maximum absolute atomic E-state index is 12.0. The average molecular weight is 389 g/mol. The van der Waals surface area contributed by atoms with Crippen molar-refractivity contribution in [1.82, 2.24) is 5.32 Å². The summed E-state index contributed by atoms with van der Waals surface area (Å²) in [5, 5.41) is 13.0. The first-order chi connectivity index (χ1) is 13.6. The summed E-state index contributed by atoms with van der Waals surface area (Å²) in [5.41, 5.74) is 1.80. The lowest BCUT2D eigenvalue weighted by Crippen LogP contribution is -2.35. The smallest absolute Gasteiger partial charge is 0.336 e. The highest BCUT2D eigenvalue weighted by atomic mass is 16.5. The van der Waals surface area contributed by atoms with E-state index in [2.05, 4.69) is 5.32 Å². The number of aliphatic hydroxyl groups excluding tert-OH is 1. The largest absolute Gasteiger partial charge is 0.496 e. The summed E-state index contributed by atoms with van der Waals surface area (Å²) < 4.78 is 20.9. The second-order valence-electron chi connectivity index (χ2n) is 6.08. The van der Waals surface area contributed by atoms with Gasteiger partial charge in [0.1, 0.15) is 12.4 Å². The van der Waals surface area contributed by atoms with Gasteiger partial charge in [-0.2, -0.15) is 0 Å². The molecule has 1 atom stereocenters. The van der Waals surface area contributed by atoms with Gasteiger partial charge in [-0.05, 0) is 36.7 Å². The lowest BCUT2D eigenvalue weighted by Gasteiger charge is -2.13. The summed E-state index contributed by atoms with van der Waals surface area (Å²) in [6.07, 6.45) is -0.524. The molecule has 2 rings (SSSR count). The van der Waals surface area contributed by atoms with Gasteiger partial charge in [-0.15, -0.1) is 0 Å². The van der Waals surface area contributed by atoms with Crippen LogP contribution in [0.2, 0.25) is 0 Å². The Morgan fingerprint density at radius 2 is 1.71 bits per heavy atom. The summed E-state index contributed by atoms with van der Waals surface area (Å²) in [5.74, 6) is 1.30. The third-order valence-electron chi connectivity index (χ3n) is 4.21. The van der Waals surface area contributed by atoms with Gasteiger partial charge < -0.3 is 29.4 Å². The van der Waals surface area contributed by atoms with Crippen LogP contribution in [0.5, 0.6) is 17.2 Å². The molecule has 0 radical (unpaired) electrons. The van der Waals surface area contributed by atoms with Crippen molar-refractivity contribution < 1.29 is 28.8 Å². The molecule has 7 heteroatoms. The molecule has 1 unspecified atom stereocenters. The van der Waals surface area contributed by atoms with Gasteiger partial charge >= 0.3 is 5.97 Å². The third-order valence-corrected chi connectivity index (χ3v) is 4.21. The standard InChI is InChI=1S/C21H27NO6/c1-25-18-7-5-4-6-16(18)14-28-21(24)17(23)13-22-11-10-15-8-9-19(26-2)20(12-15)27-3/h4-9,12,17,22-23H,10-11,13-14H2,1-3H3. The molecule has 7 nitrogen and oxygen atoms in total. The number of rotatable bonds is 11. The summed E-state index contributed by atoms with van der Waals surface area (Å²) in [4.78, 5) is 12.0.